The highest BCUT2D eigenvalue weighted by Gasteiger charge is 2.29. The molecule has 6 nitrogen and oxygen atoms in total. The van der Waals surface area contributed by atoms with E-state index in [4.69, 9.17) is 0 Å². The lowest BCUT2D eigenvalue weighted by molar-refractivity contribution is -0.117. The Morgan fingerprint density at radius 1 is 1.17 bits per heavy atom. The lowest BCUT2D eigenvalue weighted by Crippen LogP contribution is -2.20. The highest BCUT2D eigenvalue weighted by molar-refractivity contribution is 6.02. The summed E-state index contributed by atoms with van der Waals surface area (Å²) < 4.78 is 0. The standard InChI is InChI=1S/C18H18N4O2/c1-12(21-22-18(24)16-7-2-3-10-19-16)14-5-4-6-15(11-14)20-17(23)13-8-9-13/h2-7,10-11,13H,8-9H2,1H3,(H,20,23)(H,22,24). The van der Waals surface area contributed by atoms with E-state index in [0.29, 0.717) is 11.4 Å². The first kappa shape index (κ1) is 15.9. The number of hydrazone groups is 1. The zero-order chi connectivity index (χ0) is 16.9. The van der Waals surface area contributed by atoms with Gasteiger partial charge in [-0.05, 0) is 49.6 Å². The van der Waals surface area contributed by atoms with Crippen molar-refractivity contribution in [3.63, 3.8) is 0 Å². The summed E-state index contributed by atoms with van der Waals surface area (Å²) in [7, 11) is 0. The van der Waals surface area contributed by atoms with Gasteiger partial charge in [-0.2, -0.15) is 5.10 Å². The van der Waals surface area contributed by atoms with E-state index in [2.05, 4.69) is 20.8 Å². The highest BCUT2D eigenvalue weighted by atomic mass is 16.2. The second-order valence-corrected chi connectivity index (χ2v) is 5.70. The lowest BCUT2D eigenvalue weighted by atomic mass is 10.1. The number of nitrogens with zero attached hydrogens (tertiary/aromatic N) is 2. The van der Waals surface area contributed by atoms with E-state index in [1.165, 1.54) is 0 Å². The van der Waals surface area contributed by atoms with Crippen molar-refractivity contribution in [2.24, 2.45) is 11.0 Å². The minimum atomic E-state index is -0.367. The Hall–Kier alpha value is -3.02. The predicted molar refractivity (Wildman–Crippen MR) is 91.7 cm³/mol. The molecule has 0 aliphatic heterocycles. The third kappa shape index (κ3) is 4.04. The average Bonchev–Trinajstić information content (AvgIpc) is 3.45. The van der Waals surface area contributed by atoms with E-state index in [-0.39, 0.29) is 17.7 Å². The Labute approximate surface area is 140 Å². The molecule has 3 rings (SSSR count). The number of hydrogen-bond donors (Lipinski definition) is 2. The number of carbonyl (C=O) groups excluding carboxylic acids is 2. The zero-order valence-electron chi connectivity index (χ0n) is 13.3. The molecule has 1 aliphatic rings. The number of nitrogens with one attached hydrogen (secondary N) is 2. The normalized spacial score (nSPS) is 14.1. The zero-order valence-corrected chi connectivity index (χ0v) is 13.3. The molecule has 24 heavy (non-hydrogen) atoms. The highest BCUT2D eigenvalue weighted by Crippen LogP contribution is 2.30. The molecule has 2 aromatic rings. The van der Waals surface area contributed by atoms with Gasteiger partial charge in [-0.15, -0.1) is 0 Å². The van der Waals surface area contributed by atoms with E-state index >= 15 is 0 Å². The maximum Gasteiger partial charge on any atom is 0.289 e. The fraction of sp³-hybridized carbons (Fsp3) is 0.222. The van der Waals surface area contributed by atoms with Crippen LogP contribution in [0, 0.1) is 5.92 Å². The summed E-state index contributed by atoms with van der Waals surface area (Å²) in [5, 5.41) is 7.00. The number of hydrogen-bond acceptors (Lipinski definition) is 4. The largest absolute Gasteiger partial charge is 0.326 e. The topological polar surface area (TPSA) is 83.4 Å². The monoisotopic (exact) mass is 322 g/mol. The molecular weight excluding hydrogens is 304 g/mol. The van der Waals surface area contributed by atoms with E-state index in [1.807, 2.05) is 24.3 Å². The van der Waals surface area contributed by atoms with Crippen LogP contribution in [0.4, 0.5) is 5.69 Å². The first-order valence-electron chi connectivity index (χ1n) is 7.80. The van der Waals surface area contributed by atoms with Crippen molar-refractivity contribution in [3.05, 3.63) is 59.9 Å². The Morgan fingerprint density at radius 2 is 2.00 bits per heavy atom. The first-order valence-corrected chi connectivity index (χ1v) is 7.80. The molecule has 0 radical (unpaired) electrons. The van der Waals surface area contributed by atoms with Gasteiger partial charge in [0.15, 0.2) is 0 Å². The molecule has 0 saturated heterocycles. The minimum Gasteiger partial charge on any atom is -0.326 e. The second kappa shape index (κ2) is 7.04. The molecule has 6 heteroatoms. The predicted octanol–water partition coefficient (Wildman–Crippen LogP) is 2.58. The van der Waals surface area contributed by atoms with Crippen LogP contribution in [0.25, 0.3) is 0 Å². The number of aromatic nitrogens is 1. The molecular formula is C18H18N4O2. The van der Waals surface area contributed by atoms with Gasteiger partial charge in [-0.25, -0.2) is 5.43 Å². The number of amides is 2. The van der Waals surface area contributed by atoms with E-state index in [9.17, 15) is 9.59 Å². The van der Waals surface area contributed by atoms with Crippen molar-refractivity contribution < 1.29 is 9.59 Å². The van der Waals surface area contributed by atoms with Crippen molar-refractivity contribution >= 4 is 23.2 Å². The number of carbonyl (C=O) groups is 2. The van der Waals surface area contributed by atoms with Crippen molar-refractivity contribution in [2.75, 3.05) is 5.32 Å². The van der Waals surface area contributed by atoms with Crippen LogP contribution in [0.3, 0.4) is 0 Å². The van der Waals surface area contributed by atoms with Gasteiger partial charge in [0.25, 0.3) is 5.91 Å². The van der Waals surface area contributed by atoms with Crippen molar-refractivity contribution in [1.29, 1.82) is 0 Å². The number of rotatable bonds is 5. The van der Waals surface area contributed by atoms with Gasteiger partial charge in [-0.1, -0.05) is 18.2 Å². The molecule has 122 valence electrons. The van der Waals surface area contributed by atoms with Gasteiger partial charge in [0.05, 0.1) is 5.71 Å². The molecule has 1 aromatic heterocycles. The molecule has 1 saturated carbocycles. The summed E-state index contributed by atoms with van der Waals surface area (Å²) in [6.07, 6.45) is 3.48. The van der Waals surface area contributed by atoms with Gasteiger partial charge in [-0.3, -0.25) is 14.6 Å². The van der Waals surface area contributed by atoms with Crippen LogP contribution < -0.4 is 10.7 Å². The summed E-state index contributed by atoms with van der Waals surface area (Å²) in [4.78, 5) is 27.7. The maximum atomic E-state index is 11.9. The molecule has 1 fully saturated rings. The summed E-state index contributed by atoms with van der Waals surface area (Å²) in [5.74, 6) is -0.153. The smallest absolute Gasteiger partial charge is 0.289 e. The fourth-order valence-electron chi connectivity index (χ4n) is 2.17. The average molecular weight is 322 g/mol. The Bertz CT molecular complexity index is 783. The summed E-state index contributed by atoms with van der Waals surface area (Å²) in [5.41, 5.74) is 4.99. The van der Waals surface area contributed by atoms with Crippen molar-refractivity contribution in [1.82, 2.24) is 10.4 Å². The molecule has 0 spiro atoms. The van der Waals surface area contributed by atoms with E-state index in [1.54, 1.807) is 31.3 Å². The third-order valence-corrected chi connectivity index (χ3v) is 3.72. The number of anilines is 1. The van der Waals surface area contributed by atoms with Gasteiger partial charge in [0, 0.05) is 17.8 Å². The summed E-state index contributed by atoms with van der Waals surface area (Å²) in [6, 6.07) is 12.5. The van der Waals surface area contributed by atoms with Gasteiger partial charge >= 0.3 is 0 Å². The van der Waals surface area contributed by atoms with E-state index in [0.717, 1.165) is 24.1 Å². The molecule has 1 aromatic carbocycles. The van der Waals surface area contributed by atoms with Crippen molar-refractivity contribution in [2.45, 2.75) is 19.8 Å². The van der Waals surface area contributed by atoms with Crippen LogP contribution >= 0.6 is 0 Å². The second-order valence-electron chi connectivity index (χ2n) is 5.70. The van der Waals surface area contributed by atoms with Crippen LogP contribution in [0.15, 0.2) is 53.8 Å². The quantitative estimate of drug-likeness (QED) is 0.655. The Kier molecular flexibility index (Phi) is 4.65. The SMILES string of the molecule is CC(=NNC(=O)c1ccccn1)c1cccc(NC(=O)C2CC2)c1. The molecule has 1 aliphatic carbocycles. The molecule has 0 atom stereocenters. The fourth-order valence-corrected chi connectivity index (χ4v) is 2.17. The number of benzene rings is 1. The van der Waals surface area contributed by atoms with E-state index < -0.39 is 0 Å². The summed E-state index contributed by atoms with van der Waals surface area (Å²) >= 11 is 0. The van der Waals surface area contributed by atoms with Crippen LogP contribution in [0.5, 0.6) is 0 Å². The first-order chi connectivity index (χ1) is 11.6. The van der Waals surface area contributed by atoms with Gasteiger partial charge in [0.2, 0.25) is 5.91 Å². The maximum absolute atomic E-state index is 11.9. The summed E-state index contributed by atoms with van der Waals surface area (Å²) in [6.45, 7) is 1.79. The van der Waals surface area contributed by atoms with Gasteiger partial charge in [0.1, 0.15) is 5.69 Å². The molecule has 0 unspecified atom stereocenters. The van der Waals surface area contributed by atoms with Crippen LogP contribution in [0.2, 0.25) is 0 Å². The van der Waals surface area contributed by atoms with Crippen molar-refractivity contribution in [3.8, 4) is 0 Å². The third-order valence-electron chi connectivity index (χ3n) is 3.72. The Morgan fingerprint density at radius 3 is 2.71 bits per heavy atom. The van der Waals surface area contributed by atoms with Crippen LogP contribution in [0.1, 0.15) is 35.8 Å². The molecule has 2 amide bonds. The number of pyridine rings is 1. The lowest BCUT2D eigenvalue weighted by Gasteiger charge is -2.07. The van der Waals surface area contributed by atoms with Crippen LogP contribution in [-0.2, 0) is 4.79 Å². The van der Waals surface area contributed by atoms with Crippen LogP contribution in [-0.4, -0.2) is 22.5 Å². The molecule has 2 N–H and O–H groups in total. The Balaban J connectivity index is 1.66. The molecule has 1 heterocycles. The molecule has 0 bridgehead atoms. The van der Waals surface area contributed by atoms with Gasteiger partial charge < -0.3 is 5.32 Å². The minimum absolute atomic E-state index is 0.0604.